The minimum Gasteiger partial charge on any atom is -0.457 e. The number of rotatable bonds is 41. The fourth-order valence-corrected chi connectivity index (χ4v) is 6.24. The average molecular weight is 833 g/mol. The summed E-state index contributed by atoms with van der Waals surface area (Å²) in [7, 11) is -4.53. The first-order valence-corrected chi connectivity index (χ1v) is 23.7. The number of phosphoric ester groups is 1. The predicted molar refractivity (Wildman–Crippen MR) is 242 cm³/mol. The van der Waals surface area contributed by atoms with Crippen molar-refractivity contribution in [1.29, 1.82) is 0 Å². The number of ether oxygens (including phenoxy) is 2. The first-order chi connectivity index (χ1) is 28.3. The van der Waals surface area contributed by atoms with Crippen molar-refractivity contribution < 1.29 is 43.0 Å². The van der Waals surface area contributed by atoms with Crippen LogP contribution in [0.3, 0.4) is 0 Å². The lowest BCUT2D eigenvalue weighted by Crippen LogP contribution is -2.29. The van der Waals surface area contributed by atoms with Gasteiger partial charge in [-0.3, -0.25) is 13.8 Å². The van der Waals surface area contributed by atoms with Crippen LogP contribution in [-0.2, 0) is 27.9 Å². The molecule has 0 rings (SSSR count). The second-order valence-corrected chi connectivity index (χ2v) is 15.8. The summed E-state index contributed by atoms with van der Waals surface area (Å²) in [6.07, 6.45) is 55.1. The van der Waals surface area contributed by atoms with Crippen molar-refractivity contribution in [2.24, 2.45) is 0 Å². The fraction of sp³-hybridized carbons (Fsp3) is 0.646. The molecule has 9 nitrogen and oxygen atoms in total. The quantitative estimate of drug-likeness (QED) is 0.0238. The van der Waals surface area contributed by atoms with E-state index < -0.39 is 45.8 Å². The Morgan fingerprint density at radius 3 is 1.40 bits per heavy atom. The molecule has 0 saturated carbocycles. The van der Waals surface area contributed by atoms with E-state index in [0.717, 1.165) is 109 Å². The zero-order valence-electron chi connectivity index (χ0n) is 36.2. The topological polar surface area (TPSA) is 132 Å². The number of carbonyl (C=O) groups excluding carboxylic acids is 1. The number of hydrogen-bond donors (Lipinski definition) is 3. The molecular weight excluding hydrogens is 751 g/mol. The lowest BCUT2D eigenvalue weighted by atomic mass is 10.1. The number of phosphoric acid groups is 1. The standard InChI is InChI=1S/C48H81O9P/c1-3-5-7-9-11-13-15-17-19-20-21-22-23-24-25-26-27-28-30-32-34-36-38-40-48(51)57-47(45-56-58(52,53)55-43-46(50)42-49)44-54-41-39-37-35-33-31-29-18-16-14-12-10-8-6-4-2/h5-8,11-14,17-19,21-22,24-25,29,46-47,49-50H,3-4,9-10,15-16,20,23,26-28,30-45H2,1-2H3,(H,52,53)/b7-5-,8-6-,13-11-,14-12-,19-17-,22-21-,25-24-,29-18-. The van der Waals surface area contributed by atoms with Crippen LogP contribution in [0.2, 0.25) is 0 Å². The predicted octanol–water partition coefficient (Wildman–Crippen LogP) is 12.5. The molecule has 0 aromatic carbocycles. The number of unbranched alkanes of at least 4 members (excludes halogenated alkanes) is 11. The monoisotopic (exact) mass is 833 g/mol. The Balaban J connectivity index is 4.21. The maximum absolute atomic E-state index is 12.6. The Hall–Kier alpha value is -2.62. The summed E-state index contributed by atoms with van der Waals surface area (Å²) in [5, 5.41) is 18.4. The lowest BCUT2D eigenvalue weighted by molar-refractivity contribution is -0.154. The van der Waals surface area contributed by atoms with Gasteiger partial charge >= 0.3 is 13.8 Å². The van der Waals surface area contributed by atoms with E-state index in [-0.39, 0.29) is 13.0 Å². The van der Waals surface area contributed by atoms with Crippen molar-refractivity contribution in [2.75, 3.05) is 33.0 Å². The van der Waals surface area contributed by atoms with Crippen molar-refractivity contribution in [2.45, 2.75) is 167 Å². The molecule has 0 aromatic rings. The lowest BCUT2D eigenvalue weighted by Gasteiger charge is -2.20. The molecule has 0 bridgehead atoms. The van der Waals surface area contributed by atoms with Gasteiger partial charge in [0.25, 0.3) is 0 Å². The van der Waals surface area contributed by atoms with Crippen LogP contribution in [0.5, 0.6) is 0 Å². The van der Waals surface area contributed by atoms with E-state index in [1.807, 2.05) is 0 Å². The molecule has 0 spiro atoms. The summed E-state index contributed by atoms with van der Waals surface area (Å²) in [6, 6.07) is 0. The number of allylic oxidation sites excluding steroid dienone is 16. The van der Waals surface area contributed by atoms with Gasteiger partial charge in [-0.1, -0.05) is 156 Å². The van der Waals surface area contributed by atoms with Gasteiger partial charge in [-0.05, 0) is 89.9 Å². The minimum atomic E-state index is -4.53. The van der Waals surface area contributed by atoms with Gasteiger partial charge in [-0.15, -0.1) is 0 Å². The third kappa shape index (κ3) is 43.0. The third-order valence-electron chi connectivity index (χ3n) is 8.77. The van der Waals surface area contributed by atoms with Crippen LogP contribution in [0.4, 0.5) is 0 Å². The molecule has 0 heterocycles. The van der Waals surface area contributed by atoms with E-state index in [0.29, 0.717) is 13.0 Å². The number of esters is 1. The Kier molecular flexibility index (Phi) is 42.0. The average Bonchev–Trinajstić information content (AvgIpc) is 3.21. The summed E-state index contributed by atoms with van der Waals surface area (Å²) < 4.78 is 33.3. The highest BCUT2D eigenvalue weighted by molar-refractivity contribution is 7.47. The molecule has 0 fully saturated rings. The van der Waals surface area contributed by atoms with Crippen LogP contribution in [0.1, 0.15) is 155 Å². The molecule has 3 N–H and O–H groups in total. The number of carbonyl (C=O) groups is 1. The van der Waals surface area contributed by atoms with Crippen molar-refractivity contribution in [3.63, 3.8) is 0 Å². The van der Waals surface area contributed by atoms with E-state index >= 15 is 0 Å². The van der Waals surface area contributed by atoms with Gasteiger partial charge in [-0.2, -0.15) is 0 Å². The van der Waals surface area contributed by atoms with Gasteiger partial charge in [0.2, 0.25) is 0 Å². The first kappa shape index (κ1) is 55.4. The molecule has 58 heavy (non-hydrogen) atoms. The molecule has 3 unspecified atom stereocenters. The molecule has 0 radical (unpaired) electrons. The van der Waals surface area contributed by atoms with E-state index in [2.05, 4.69) is 111 Å². The van der Waals surface area contributed by atoms with E-state index in [1.54, 1.807) is 0 Å². The smallest absolute Gasteiger partial charge is 0.457 e. The van der Waals surface area contributed by atoms with E-state index in [1.165, 1.54) is 19.3 Å². The molecular formula is C48H81O9P. The molecule has 332 valence electrons. The SMILES string of the molecule is CC/C=C\C/C=C\C/C=C\C/C=C\C/C=C\CCCCCCCCCC(=O)OC(COCCCCCC/C=C\C/C=C\C/C=C\CC)COP(=O)(O)OCC(O)CO. The number of aliphatic hydroxyl groups is 2. The van der Waals surface area contributed by atoms with Gasteiger partial charge in [-0.25, -0.2) is 4.57 Å². The summed E-state index contributed by atoms with van der Waals surface area (Å²) in [5.41, 5.74) is 0. The Morgan fingerprint density at radius 2 is 0.931 bits per heavy atom. The van der Waals surface area contributed by atoms with Crippen LogP contribution in [0.15, 0.2) is 97.2 Å². The second-order valence-electron chi connectivity index (χ2n) is 14.3. The Bertz CT molecular complexity index is 1220. The van der Waals surface area contributed by atoms with Crippen LogP contribution in [0, 0.1) is 0 Å². The number of aliphatic hydroxyl groups excluding tert-OH is 2. The molecule has 0 aliphatic rings. The molecule has 0 saturated heterocycles. The zero-order valence-corrected chi connectivity index (χ0v) is 37.1. The van der Waals surface area contributed by atoms with Crippen molar-refractivity contribution in [3.05, 3.63) is 97.2 Å². The Morgan fingerprint density at radius 1 is 0.534 bits per heavy atom. The van der Waals surface area contributed by atoms with Crippen molar-refractivity contribution in [1.82, 2.24) is 0 Å². The maximum atomic E-state index is 12.6. The largest absolute Gasteiger partial charge is 0.472 e. The Labute approximate surface area is 353 Å². The normalized spacial score (nSPS) is 14.9. The highest BCUT2D eigenvalue weighted by Gasteiger charge is 2.26. The van der Waals surface area contributed by atoms with Crippen LogP contribution in [-0.4, -0.2) is 66.3 Å². The van der Waals surface area contributed by atoms with Crippen LogP contribution in [0.25, 0.3) is 0 Å². The summed E-state index contributed by atoms with van der Waals surface area (Å²) in [5.74, 6) is -0.407. The molecule has 3 atom stereocenters. The molecule has 0 aromatic heterocycles. The zero-order chi connectivity index (χ0) is 42.5. The van der Waals surface area contributed by atoms with Crippen molar-refractivity contribution in [3.8, 4) is 0 Å². The van der Waals surface area contributed by atoms with Gasteiger partial charge < -0.3 is 24.6 Å². The maximum Gasteiger partial charge on any atom is 0.472 e. The van der Waals surface area contributed by atoms with Crippen molar-refractivity contribution >= 4 is 13.8 Å². The van der Waals surface area contributed by atoms with Gasteiger partial charge in [0.15, 0.2) is 0 Å². The summed E-state index contributed by atoms with van der Waals surface area (Å²) in [4.78, 5) is 22.6. The molecule has 0 aliphatic carbocycles. The van der Waals surface area contributed by atoms with E-state index in [4.69, 9.17) is 23.6 Å². The molecule has 0 amide bonds. The highest BCUT2D eigenvalue weighted by Crippen LogP contribution is 2.43. The third-order valence-corrected chi connectivity index (χ3v) is 9.72. The molecule has 0 aliphatic heterocycles. The summed E-state index contributed by atoms with van der Waals surface area (Å²) in [6.45, 7) is 3.19. The fourth-order valence-electron chi connectivity index (χ4n) is 5.45. The second kappa shape index (κ2) is 43.9. The minimum absolute atomic E-state index is 0.0229. The first-order valence-electron chi connectivity index (χ1n) is 22.2. The van der Waals surface area contributed by atoms with Gasteiger partial charge in [0, 0.05) is 13.0 Å². The molecule has 10 heteroatoms. The van der Waals surface area contributed by atoms with Crippen LogP contribution < -0.4 is 0 Å². The number of hydrogen-bond acceptors (Lipinski definition) is 8. The van der Waals surface area contributed by atoms with Crippen LogP contribution >= 0.6 is 7.82 Å². The highest BCUT2D eigenvalue weighted by atomic mass is 31.2. The van der Waals surface area contributed by atoms with E-state index in [9.17, 15) is 19.4 Å². The summed E-state index contributed by atoms with van der Waals surface area (Å²) >= 11 is 0. The van der Waals surface area contributed by atoms with Gasteiger partial charge in [0.1, 0.15) is 12.2 Å². The van der Waals surface area contributed by atoms with Gasteiger partial charge in [0.05, 0.1) is 26.4 Å².